The number of rotatable bonds is 7. The number of hydrazone groups is 1. The minimum Gasteiger partial charge on any atom is -0.272 e. The Kier molecular flexibility index (Phi) is 7.59. The molecular formula is C26H23BrN4O2S. The van der Waals surface area contributed by atoms with Gasteiger partial charge in [-0.25, -0.2) is 10.4 Å². The van der Waals surface area contributed by atoms with Crippen LogP contribution < -0.4 is 11.0 Å². The maximum Gasteiger partial charge on any atom is 0.266 e. The van der Waals surface area contributed by atoms with E-state index in [1.54, 1.807) is 18.3 Å². The second-order valence-electron chi connectivity index (χ2n) is 7.93. The summed E-state index contributed by atoms with van der Waals surface area (Å²) in [5.41, 5.74) is 5.78. The van der Waals surface area contributed by atoms with E-state index in [-0.39, 0.29) is 17.2 Å². The summed E-state index contributed by atoms with van der Waals surface area (Å²) < 4.78 is 2.44. The van der Waals surface area contributed by atoms with Crippen molar-refractivity contribution in [2.24, 2.45) is 5.10 Å². The lowest BCUT2D eigenvalue weighted by Gasteiger charge is -2.13. The van der Waals surface area contributed by atoms with Gasteiger partial charge in [0, 0.05) is 4.47 Å². The van der Waals surface area contributed by atoms with Crippen LogP contribution in [0.15, 0.2) is 92.3 Å². The molecule has 172 valence electrons. The van der Waals surface area contributed by atoms with E-state index in [0.29, 0.717) is 27.7 Å². The number of para-hydroxylation sites is 1. The van der Waals surface area contributed by atoms with Crippen molar-refractivity contribution in [2.75, 3.05) is 5.75 Å². The quantitative estimate of drug-likeness (QED) is 0.147. The number of nitrogens with zero attached hydrogens (tertiary/aromatic N) is 3. The number of thioether (sulfide) groups is 1. The smallest absolute Gasteiger partial charge is 0.266 e. The third kappa shape index (κ3) is 5.63. The molecule has 4 rings (SSSR count). The van der Waals surface area contributed by atoms with Crippen molar-refractivity contribution in [1.82, 2.24) is 15.0 Å². The molecule has 3 aromatic carbocycles. The van der Waals surface area contributed by atoms with Crippen molar-refractivity contribution >= 4 is 50.7 Å². The predicted molar refractivity (Wildman–Crippen MR) is 142 cm³/mol. The second-order valence-corrected chi connectivity index (χ2v) is 9.79. The summed E-state index contributed by atoms with van der Waals surface area (Å²) in [6, 6.07) is 22.6. The minimum atomic E-state index is -0.287. The van der Waals surface area contributed by atoms with Gasteiger partial charge in [-0.05, 0) is 53.4 Å². The molecule has 0 aliphatic rings. The Labute approximate surface area is 210 Å². The van der Waals surface area contributed by atoms with Gasteiger partial charge in [0.1, 0.15) is 0 Å². The van der Waals surface area contributed by atoms with E-state index in [0.717, 1.165) is 10.0 Å². The van der Waals surface area contributed by atoms with E-state index >= 15 is 0 Å². The molecule has 0 saturated heterocycles. The standard InChI is InChI=1S/C26H23BrN4O2S/c1-17(2)19-9-7-18(8-10-19)15-28-30-24(32)16-34-26-29-23-6-4-3-5-22(23)25(33)31(26)21-13-11-20(27)12-14-21/h3-15,17H,16H2,1-2H3,(H,30,32)/b28-15-. The van der Waals surface area contributed by atoms with E-state index in [2.05, 4.69) is 57.4 Å². The molecule has 0 atom stereocenters. The average Bonchev–Trinajstić information content (AvgIpc) is 2.84. The highest BCUT2D eigenvalue weighted by atomic mass is 79.9. The Hall–Kier alpha value is -3.23. The van der Waals surface area contributed by atoms with Gasteiger partial charge in [0.25, 0.3) is 11.5 Å². The maximum absolute atomic E-state index is 13.2. The molecule has 1 N–H and O–H groups in total. The molecule has 0 fully saturated rings. The van der Waals surface area contributed by atoms with Crippen LogP contribution in [0.3, 0.4) is 0 Å². The maximum atomic E-state index is 13.2. The van der Waals surface area contributed by atoms with Crippen molar-refractivity contribution in [3.05, 3.63) is 98.7 Å². The highest BCUT2D eigenvalue weighted by molar-refractivity contribution is 9.10. The fourth-order valence-electron chi connectivity index (χ4n) is 3.34. The molecule has 0 bridgehead atoms. The van der Waals surface area contributed by atoms with E-state index in [1.807, 2.05) is 48.5 Å². The monoisotopic (exact) mass is 534 g/mol. The third-order valence-electron chi connectivity index (χ3n) is 5.17. The van der Waals surface area contributed by atoms with E-state index in [1.165, 1.54) is 21.9 Å². The molecule has 4 aromatic rings. The first-order valence-corrected chi connectivity index (χ1v) is 12.5. The van der Waals surface area contributed by atoms with Crippen molar-refractivity contribution in [3.8, 4) is 5.69 Å². The first-order chi connectivity index (χ1) is 16.4. The van der Waals surface area contributed by atoms with Crippen LogP contribution in [0.1, 0.15) is 30.9 Å². The summed E-state index contributed by atoms with van der Waals surface area (Å²) in [6.45, 7) is 4.28. The number of hydrogen-bond acceptors (Lipinski definition) is 5. The SMILES string of the molecule is CC(C)c1ccc(/C=N\NC(=O)CSc2nc3ccccc3c(=O)n2-c2ccc(Br)cc2)cc1. The molecule has 0 aliphatic heterocycles. The Morgan fingerprint density at radius 3 is 2.50 bits per heavy atom. The molecular weight excluding hydrogens is 512 g/mol. The summed E-state index contributed by atoms with van der Waals surface area (Å²) in [4.78, 5) is 30.3. The Balaban J connectivity index is 1.51. The largest absolute Gasteiger partial charge is 0.272 e. The number of benzene rings is 3. The molecule has 6 nitrogen and oxygen atoms in total. The van der Waals surface area contributed by atoms with Crippen LogP contribution in [0.4, 0.5) is 0 Å². The second kappa shape index (κ2) is 10.8. The number of hydrogen-bond donors (Lipinski definition) is 1. The lowest BCUT2D eigenvalue weighted by Crippen LogP contribution is -2.24. The molecule has 0 saturated carbocycles. The van der Waals surface area contributed by atoms with Crippen LogP contribution in [0.2, 0.25) is 0 Å². The third-order valence-corrected chi connectivity index (χ3v) is 6.64. The molecule has 0 unspecified atom stereocenters. The Bertz CT molecular complexity index is 1400. The fourth-order valence-corrected chi connectivity index (χ4v) is 4.40. The average molecular weight is 535 g/mol. The van der Waals surface area contributed by atoms with Crippen molar-refractivity contribution < 1.29 is 4.79 Å². The molecule has 0 spiro atoms. The minimum absolute atomic E-state index is 0.0605. The van der Waals surface area contributed by atoms with Crippen LogP contribution >= 0.6 is 27.7 Å². The normalized spacial score (nSPS) is 11.4. The molecule has 1 aromatic heterocycles. The first kappa shape index (κ1) is 23.9. The zero-order valence-electron chi connectivity index (χ0n) is 18.7. The zero-order chi connectivity index (χ0) is 24.1. The Morgan fingerprint density at radius 1 is 1.09 bits per heavy atom. The fraction of sp³-hybridized carbons (Fsp3) is 0.154. The molecule has 0 aliphatic carbocycles. The van der Waals surface area contributed by atoms with Gasteiger partial charge < -0.3 is 0 Å². The predicted octanol–water partition coefficient (Wildman–Crippen LogP) is 5.51. The number of carbonyl (C=O) groups excluding carboxylic acids is 1. The lowest BCUT2D eigenvalue weighted by atomic mass is 10.0. The summed E-state index contributed by atoms with van der Waals surface area (Å²) >= 11 is 4.61. The van der Waals surface area contributed by atoms with Gasteiger partial charge in [-0.3, -0.25) is 14.2 Å². The highest BCUT2D eigenvalue weighted by Gasteiger charge is 2.14. The lowest BCUT2D eigenvalue weighted by molar-refractivity contribution is -0.118. The van der Waals surface area contributed by atoms with Crippen LogP contribution in [0.5, 0.6) is 0 Å². The number of nitrogens with one attached hydrogen (secondary N) is 1. The van der Waals surface area contributed by atoms with Gasteiger partial charge in [-0.2, -0.15) is 5.10 Å². The van der Waals surface area contributed by atoms with Gasteiger partial charge in [-0.1, -0.05) is 77.9 Å². The summed E-state index contributed by atoms with van der Waals surface area (Å²) in [7, 11) is 0. The molecule has 0 radical (unpaired) electrons. The summed E-state index contributed by atoms with van der Waals surface area (Å²) in [6.07, 6.45) is 1.61. The van der Waals surface area contributed by atoms with E-state index < -0.39 is 0 Å². The van der Waals surface area contributed by atoms with Gasteiger partial charge in [0.2, 0.25) is 0 Å². The molecule has 1 heterocycles. The topological polar surface area (TPSA) is 76.3 Å². The number of halogens is 1. The Morgan fingerprint density at radius 2 is 1.79 bits per heavy atom. The number of carbonyl (C=O) groups is 1. The van der Waals surface area contributed by atoms with Gasteiger partial charge in [-0.15, -0.1) is 0 Å². The van der Waals surface area contributed by atoms with Crippen LogP contribution in [-0.4, -0.2) is 27.4 Å². The van der Waals surface area contributed by atoms with Crippen LogP contribution in [0.25, 0.3) is 16.6 Å². The van der Waals surface area contributed by atoms with Crippen molar-refractivity contribution in [3.63, 3.8) is 0 Å². The molecule has 8 heteroatoms. The van der Waals surface area contributed by atoms with Gasteiger partial charge >= 0.3 is 0 Å². The molecule has 1 amide bonds. The van der Waals surface area contributed by atoms with Crippen LogP contribution in [0, 0.1) is 0 Å². The molecule has 34 heavy (non-hydrogen) atoms. The van der Waals surface area contributed by atoms with Crippen molar-refractivity contribution in [2.45, 2.75) is 24.9 Å². The zero-order valence-corrected chi connectivity index (χ0v) is 21.1. The highest BCUT2D eigenvalue weighted by Crippen LogP contribution is 2.22. The number of amides is 1. The van der Waals surface area contributed by atoms with E-state index in [4.69, 9.17) is 0 Å². The number of aromatic nitrogens is 2. The summed E-state index contributed by atoms with van der Waals surface area (Å²) in [5, 5.41) is 5.01. The summed E-state index contributed by atoms with van der Waals surface area (Å²) in [5.74, 6) is 0.233. The number of fused-ring (bicyclic) bond motifs is 1. The van der Waals surface area contributed by atoms with Gasteiger partial charge in [0.15, 0.2) is 5.16 Å². The van der Waals surface area contributed by atoms with E-state index in [9.17, 15) is 9.59 Å². The van der Waals surface area contributed by atoms with Gasteiger partial charge in [0.05, 0.1) is 28.6 Å². The first-order valence-electron chi connectivity index (χ1n) is 10.7. The van der Waals surface area contributed by atoms with Crippen LogP contribution in [-0.2, 0) is 4.79 Å². The van der Waals surface area contributed by atoms with Crippen molar-refractivity contribution in [1.29, 1.82) is 0 Å².